The van der Waals surface area contributed by atoms with Gasteiger partial charge >= 0.3 is 0 Å². The molecule has 0 bridgehead atoms. The first-order chi connectivity index (χ1) is 14.1. The van der Waals surface area contributed by atoms with Gasteiger partial charge < -0.3 is 4.74 Å². The van der Waals surface area contributed by atoms with Gasteiger partial charge in [-0.3, -0.25) is 10.1 Å². The fourth-order valence-electron chi connectivity index (χ4n) is 2.66. The number of methoxy groups -OCH3 is 1. The lowest BCUT2D eigenvalue weighted by Crippen LogP contribution is -2.13. The van der Waals surface area contributed by atoms with Crippen molar-refractivity contribution in [2.24, 2.45) is 0 Å². The first kappa shape index (κ1) is 19.4. The van der Waals surface area contributed by atoms with Gasteiger partial charge in [-0.25, -0.2) is 14.4 Å². The van der Waals surface area contributed by atoms with Gasteiger partial charge in [0, 0.05) is 11.9 Å². The van der Waals surface area contributed by atoms with E-state index in [0.717, 1.165) is 21.5 Å². The second kappa shape index (κ2) is 8.59. The van der Waals surface area contributed by atoms with E-state index in [9.17, 15) is 9.18 Å². The Labute approximate surface area is 175 Å². The van der Waals surface area contributed by atoms with Crippen molar-refractivity contribution < 1.29 is 13.9 Å². The van der Waals surface area contributed by atoms with E-state index in [0.29, 0.717) is 21.5 Å². The van der Waals surface area contributed by atoms with Crippen molar-refractivity contribution in [3.8, 4) is 5.75 Å². The number of thiazole rings is 1. The Kier molecular flexibility index (Phi) is 5.73. The van der Waals surface area contributed by atoms with Crippen LogP contribution in [0.3, 0.4) is 0 Å². The summed E-state index contributed by atoms with van der Waals surface area (Å²) in [4.78, 5) is 21.6. The van der Waals surface area contributed by atoms with E-state index in [2.05, 4.69) is 15.3 Å². The Hall–Kier alpha value is -2.97. The summed E-state index contributed by atoms with van der Waals surface area (Å²) in [5, 5.41) is 3.98. The topological polar surface area (TPSA) is 64.1 Å². The molecule has 5 nitrogen and oxygen atoms in total. The number of carbonyl (C=O) groups is 1. The van der Waals surface area contributed by atoms with Crippen molar-refractivity contribution in [1.82, 2.24) is 9.97 Å². The number of carbonyl (C=O) groups excluding carboxylic acids is 1. The Morgan fingerprint density at radius 3 is 2.83 bits per heavy atom. The Morgan fingerprint density at radius 2 is 2.03 bits per heavy atom. The average molecular weight is 426 g/mol. The van der Waals surface area contributed by atoms with Crippen LogP contribution in [0.25, 0.3) is 10.2 Å². The number of fused-ring (bicyclic) bond motifs is 1. The number of nitrogens with zero attached hydrogens (tertiary/aromatic N) is 2. The van der Waals surface area contributed by atoms with Crippen molar-refractivity contribution >= 4 is 44.4 Å². The highest BCUT2D eigenvalue weighted by atomic mass is 32.2. The number of rotatable bonds is 6. The highest BCUT2D eigenvalue weighted by Gasteiger charge is 2.15. The summed E-state index contributed by atoms with van der Waals surface area (Å²) in [6, 6.07) is 15.3. The largest absolute Gasteiger partial charge is 0.497 e. The molecule has 0 aliphatic carbocycles. The number of amides is 1. The maximum Gasteiger partial charge on any atom is 0.260 e. The Balaban J connectivity index is 1.50. The molecule has 4 rings (SSSR count). The number of nitrogens with one attached hydrogen (secondary N) is 1. The van der Waals surface area contributed by atoms with Gasteiger partial charge in [-0.2, -0.15) is 0 Å². The number of pyridine rings is 1. The molecule has 2 aromatic carbocycles. The molecule has 2 aromatic heterocycles. The monoisotopic (exact) mass is 425 g/mol. The number of anilines is 1. The van der Waals surface area contributed by atoms with Gasteiger partial charge in [0.2, 0.25) is 0 Å². The van der Waals surface area contributed by atoms with Crippen molar-refractivity contribution in [2.75, 3.05) is 12.4 Å². The van der Waals surface area contributed by atoms with Gasteiger partial charge in [0.1, 0.15) is 16.6 Å². The number of hydrogen-bond donors (Lipinski definition) is 1. The molecule has 0 aliphatic heterocycles. The molecule has 0 unspecified atom stereocenters. The molecule has 2 heterocycles. The zero-order valence-corrected chi connectivity index (χ0v) is 17.0. The van der Waals surface area contributed by atoms with Crippen molar-refractivity contribution in [3.05, 3.63) is 77.7 Å². The summed E-state index contributed by atoms with van der Waals surface area (Å²) in [5.41, 5.74) is 2.22. The third-order valence-corrected chi connectivity index (χ3v) is 6.13. The maximum absolute atomic E-state index is 13.1. The third kappa shape index (κ3) is 4.55. The van der Waals surface area contributed by atoms with E-state index >= 15 is 0 Å². The maximum atomic E-state index is 13.1. The average Bonchev–Trinajstić information content (AvgIpc) is 3.14. The zero-order valence-electron chi connectivity index (χ0n) is 15.4. The van der Waals surface area contributed by atoms with Crippen LogP contribution in [-0.2, 0) is 5.75 Å². The quantitative estimate of drug-likeness (QED) is 0.420. The lowest BCUT2D eigenvalue weighted by atomic mass is 10.2. The standard InChI is InChI=1S/C21H16FN3O2S2/c1-27-15-8-9-17-18(11-15)29-21(24-17)25-19(26)16-3-2-10-23-20(16)28-12-13-4-6-14(22)7-5-13/h2-11H,12H2,1H3,(H,24,25,26). The zero-order chi connectivity index (χ0) is 20.2. The predicted octanol–water partition coefficient (Wildman–Crippen LogP) is 5.38. The van der Waals surface area contributed by atoms with E-state index in [1.54, 1.807) is 37.6 Å². The summed E-state index contributed by atoms with van der Waals surface area (Å²) in [6.07, 6.45) is 1.65. The molecule has 1 N–H and O–H groups in total. The summed E-state index contributed by atoms with van der Waals surface area (Å²) < 4.78 is 19.2. The van der Waals surface area contributed by atoms with Crippen LogP contribution in [0.5, 0.6) is 5.75 Å². The summed E-state index contributed by atoms with van der Waals surface area (Å²) >= 11 is 2.81. The normalized spacial score (nSPS) is 10.8. The van der Waals surface area contributed by atoms with Gasteiger partial charge in [-0.05, 0) is 48.0 Å². The van der Waals surface area contributed by atoms with Crippen LogP contribution in [-0.4, -0.2) is 23.0 Å². The lowest BCUT2D eigenvalue weighted by Gasteiger charge is -2.07. The number of thioether (sulfide) groups is 1. The minimum Gasteiger partial charge on any atom is -0.497 e. The molecule has 8 heteroatoms. The van der Waals surface area contributed by atoms with E-state index in [-0.39, 0.29) is 11.7 Å². The molecule has 29 heavy (non-hydrogen) atoms. The molecule has 146 valence electrons. The van der Waals surface area contributed by atoms with E-state index in [1.807, 2.05) is 18.2 Å². The molecule has 1 amide bonds. The first-order valence-corrected chi connectivity index (χ1v) is 10.5. The van der Waals surface area contributed by atoms with Crippen molar-refractivity contribution in [1.29, 1.82) is 0 Å². The number of hydrogen-bond acceptors (Lipinski definition) is 6. The number of aromatic nitrogens is 2. The van der Waals surface area contributed by atoms with Gasteiger partial charge in [-0.1, -0.05) is 23.5 Å². The van der Waals surface area contributed by atoms with Crippen molar-refractivity contribution in [2.45, 2.75) is 10.8 Å². The minimum atomic E-state index is -0.273. The molecule has 0 saturated heterocycles. The van der Waals surface area contributed by atoms with Crippen LogP contribution in [0.15, 0.2) is 65.8 Å². The fourth-order valence-corrected chi connectivity index (χ4v) is 4.50. The molecule has 0 atom stereocenters. The first-order valence-electron chi connectivity index (χ1n) is 8.70. The van der Waals surface area contributed by atoms with Gasteiger partial charge in [0.15, 0.2) is 5.13 Å². The van der Waals surface area contributed by atoms with Crippen LogP contribution < -0.4 is 10.1 Å². The minimum absolute atomic E-state index is 0.272. The summed E-state index contributed by atoms with van der Waals surface area (Å²) in [7, 11) is 1.61. The van der Waals surface area contributed by atoms with Crippen molar-refractivity contribution in [3.63, 3.8) is 0 Å². The number of halogens is 1. The Morgan fingerprint density at radius 1 is 1.21 bits per heavy atom. The highest BCUT2D eigenvalue weighted by molar-refractivity contribution is 7.98. The second-order valence-corrected chi connectivity index (χ2v) is 8.07. The Bertz CT molecular complexity index is 1160. The smallest absolute Gasteiger partial charge is 0.260 e. The molecular weight excluding hydrogens is 409 g/mol. The molecule has 0 spiro atoms. The number of ether oxygens (including phenoxy) is 1. The predicted molar refractivity (Wildman–Crippen MR) is 114 cm³/mol. The molecule has 0 aliphatic rings. The SMILES string of the molecule is COc1ccc2nc(NC(=O)c3cccnc3SCc3ccc(F)cc3)sc2c1. The molecular formula is C21H16FN3O2S2. The lowest BCUT2D eigenvalue weighted by molar-refractivity contribution is 0.102. The van der Waals surface area contributed by atoms with Crippen LogP contribution in [0.2, 0.25) is 0 Å². The van der Waals surface area contributed by atoms with Crippen LogP contribution in [0.1, 0.15) is 15.9 Å². The molecule has 0 radical (unpaired) electrons. The van der Waals surface area contributed by atoms with E-state index in [4.69, 9.17) is 4.74 Å². The van der Waals surface area contributed by atoms with Gasteiger partial charge in [-0.15, -0.1) is 11.8 Å². The molecule has 0 fully saturated rings. The summed E-state index contributed by atoms with van der Waals surface area (Å²) in [6.45, 7) is 0. The second-order valence-electron chi connectivity index (χ2n) is 6.08. The molecule has 0 saturated carbocycles. The number of benzene rings is 2. The molecule has 4 aromatic rings. The third-order valence-electron chi connectivity index (χ3n) is 4.12. The fraction of sp³-hybridized carbons (Fsp3) is 0.0952. The van der Waals surface area contributed by atoms with Crippen LogP contribution in [0, 0.1) is 5.82 Å². The summed E-state index contributed by atoms with van der Waals surface area (Å²) in [5.74, 6) is 0.778. The van der Waals surface area contributed by atoms with Crippen LogP contribution >= 0.6 is 23.1 Å². The van der Waals surface area contributed by atoms with E-state index in [1.165, 1.54) is 35.2 Å². The van der Waals surface area contributed by atoms with Gasteiger partial charge in [0.25, 0.3) is 5.91 Å². The van der Waals surface area contributed by atoms with E-state index < -0.39 is 0 Å². The van der Waals surface area contributed by atoms with Gasteiger partial charge in [0.05, 0.1) is 22.9 Å². The highest BCUT2D eigenvalue weighted by Crippen LogP contribution is 2.30. The van der Waals surface area contributed by atoms with Crippen LogP contribution in [0.4, 0.5) is 9.52 Å².